The molecule has 1 atom stereocenters. The average molecular weight is 373 g/mol. The number of hydrogen-bond donors (Lipinski definition) is 1. The van der Waals surface area contributed by atoms with Crippen molar-refractivity contribution in [1.29, 1.82) is 0 Å². The van der Waals surface area contributed by atoms with Gasteiger partial charge in [0, 0.05) is 7.05 Å². The summed E-state index contributed by atoms with van der Waals surface area (Å²) in [6, 6.07) is 13.9. The van der Waals surface area contributed by atoms with Crippen molar-refractivity contribution in [3.05, 3.63) is 65.2 Å². The molecule has 7 heteroatoms. The van der Waals surface area contributed by atoms with E-state index in [1.807, 2.05) is 25.1 Å². The van der Waals surface area contributed by atoms with Gasteiger partial charge in [0.2, 0.25) is 0 Å². The topological polar surface area (TPSA) is 67.9 Å². The Balaban J connectivity index is 2.20. The molecule has 142 valence electrons. The molecule has 1 heterocycles. The van der Waals surface area contributed by atoms with Crippen LogP contribution in [0.4, 0.5) is 8.78 Å². The zero-order valence-corrected chi connectivity index (χ0v) is 15.2. The second-order valence-electron chi connectivity index (χ2n) is 6.36. The number of hydrogen-bond acceptors (Lipinski definition) is 4. The Morgan fingerprint density at radius 1 is 1.19 bits per heavy atom. The smallest absolute Gasteiger partial charge is 0.387 e. The molecule has 0 aromatic heterocycles. The molecule has 0 radical (unpaired) electrons. The lowest BCUT2D eigenvalue weighted by atomic mass is 9.82. The first kappa shape index (κ1) is 18.8. The Bertz CT molecular complexity index is 871. The number of rotatable bonds is 6. The lowest BCUT2D eigenvalue weighted by Gasteiger charge is -2.27. The number of ether oxygens (including phenoxy) is 1. The van der Waals surface area contributed by atoms with Crippen LogP contribution in [0.5, 0.6) is 5.75 Å². The highest BCUT2D eigenvalue weighted by Gasteiger charge is 2.49. The minimum Gasteiger partial charge on any atom is -0.435 e. The van der Waals surface area contributed by atoms with Crippen LogP contribution in [0.15, 0.2) is 53.5 Å². The summed E-state index contributed by atoms with van der Waals surface area (Å²) in [4.78, 5) is 18.9. The third kappa shape index (κ3) is 3.25. The van der Waals surface area contributed by atoms with Crippen LogP contribution in [0, 0.1) is 0 Å². The number of aryl methyl sites for hydroxylation is 1. The van der Waals surface area contributed by atoms with Crippen LogP contribution in [0.1, 0.15) is 30.0 Å². The van der Waals surface area contributed by atoms with Gasteiger partial charge in [0.1, 0.15) is 5.75 Å². The van der Waals surface area contributed by atoms with Crippen molar-refractivity contribution in [2.45, 2.75) is 31.9 Å². The number of nitrogens with zero attached hydrogens (tertiary/aromatic N) is 2. The quantitative estimate of drug-likeness (QED) is 0.845. The van der Waals surface area contributed by atoms with Gasteiger partial charge in [-0.1, -0.05) is 49.7 Å². The second-order valence-corrected chi connectivity index (χ2v) is 6.36. The van der Waals surface area contributed by atoms with E-state index in [4.69, 9.17) is 5.73 Å². The molecule has 0 unspecified atom stereocenters. The predicted octanol–water partition coefficient (Wildman–Crippen LogP) is 3.27. The van der Waals surface area contributed by atoms with E-state index >= 15 is 0 Å². The summed E-state index contributed by atoms with van der Waals surface area (Å²) in [5.74, 6) is -0.0838. The SMILES string of the molecule is CCCc1cc([C@]2(c3ccccc3)N=C(N)N(C)C2=O)ccc1OC(F)F. The summed E-state index contributed by atoms with van der Waals surface area (Å²) < 4.78 is 30.1. The first-order chi connectivity index (χ1) is 12.9. The number of aliphatic imine (C=N–C) groups is 1. The van der Waals surface area contributed by atoms with Crippen LogP contribution in [0.3, 0.4) is 0 Å². The number of likely N-dealkylation sites (N-methyl/N-ethyl adjacent to an activating group) is 1. The molecule has 0 fully saturated rings. The van der Waals surface area contributed by atoms with Gasteiger partial charge in [-0.3, -0.25) is 9.69 Å². The monoisotopic (exact) mass is 373 g/mol. The maximum absolute atomic E-state index is 13.2. The molecular formula is C20H21F2N3O2. The molecule has 0 aliphatic carbocycles. The fourth-order valence-electron chi connectivity index (χ4n) is 3.34. The van der Waals surface area contributed by atoms with Crippen molar-refractivity contribution in [3.63, 3.8) is 0 Å². The molecule has 0 bridgehead atoms. The molecular weight excluding hydrogens is 352 g/mol. The van der Waals surface area contributed by atoms with E-state index < -0.39 is 12.2 Å². The standard InChI is InChI=1S/C20H21F2N3O2/c1-3-7-13-12-15(10-11-16(13)27-18(21)22)20(14-8-5-4-6-9-14)17(26)25(2)19(23)24-20/h4-6,8-12,18H,3,7H2,1-2H3,(H2,23,24)/t20-/m0/s1. The van der Waals surface area contributed by atoms with Crippen LogP contribution in [-0.2, 0) is 16.8 Å². The van der Waals surface area contributed by atoms with Gasteiger partial charge in [-0.2, -0.15) is 8.78 Å². The minimum absolute atomic E-state index is 0.105. The van der Waals surface area contributed by atoms with E-state index in [1.165, 1.54) is 11.0 Å². The molecule has 3 rings (SSSR count). The fraction of sp³-hybridized carbons (Fsp3) is 0.300. The average Bonchev–Trinajstić information content (AvgIpc) is 2.89. The molecule has 1 aliphatic heterocycles. The first-order valence-electron chi connectivity index (χ1n) is 8.67. The van der Waals surface area contributed by atoms with Gasteiger partial charge in [-0.05, 0) is 35.2 Å². The maximum Gasteiger partial charge on any atom is 0.387 e. The molecule has 2 aromatic carbocycles. The normalized spacial score (nSPS) is 19.5. The Hall–Kier alpha value is -2.96. The van der Waals surface area contributed by atoms with Crippen LogP contribution in [-0.4, -0.2) is 30.4 Å². The fourth-order valence-corrected chi connectivity index (χ4v) is 3.34. The Kier molecular flexibility index (Phi) is 5.12. The van der Waals surface area contributed by atoms with Gasteiger partial charge in [-0.25, -0.2) is 4.99 Å². The summed E-state index contributed by atoms with van der Waals surface area (Å²) in [5, 5.41) is 0. The number of halogens is 2. The summed E-state index contributed by atoms with van der Waals surface area (Å²) in [6.07, 6.45) is 1.27. The molecule has 0 saturated carbocycles. The summed E-state index contributed by atoms with van der Waals surface area (Å²) in [5.41, 5.74) is 6.43. The van der Waals surface area contributed by atoms with Crippen molar-refractivity contribution in [2.75, 3.05) is 7.05 Å². The van der Waals surface area contributed by atoms with Crippen molar-refractivity contribution >= 4 is 11.9 Å². The maximum atomic E-state index is 13.2. The van der Waals surface area contributed by atoms with E-state index in [2.05, 4.69) is 9.73 Å². The minimum atomic E-state index is -2.91. The van der Waals surface area contributed by atoms with E-state index in [0.717, 1.165) is 6.42 Å². The van der Waals surface area contributed by atoms with Gasteiger partial charge in [-0.15, -0.1) is 0 Å². The van der Waals surface area contributed by atoms with E-state index in [-0.39, 0.29) is 17.6 Å². The number of carbonyl (C=O) groups excluding carboxylic acids is 1. The number of benzene rings is 2. The number of alkyl halides is 2. The highest BCUT2D eigenvalue weighted by Crippen LogP contribution is 2.40. The van der Waals surface area contributed by atoms with Crippen LogP contribution >= 0.6 is 0 Å². The highest BCUT2D eigenvalue weighted by molar-refractivity contribution is 6.08. The molecule has 1 amide bonds. The highest BCUT2D eigenvalue weighted by atomic mass is 19.3. The third-order valence-electron chi connectivity index (χ3n) is 4.65. The van der Waals surface area contributed by atoms with Gasteiger partial charge >= 0.3 is 6.61 Å². The molecule has 1 aliphatic rings. The first-order valence-corrected chi connectivity index (χ1v) is 8.67. The number of nitrogens with two attached hydrogens (primary N) is 1. The van der Waals surface area contributed by atoms with Gasteiger partial charge < -0.3 is 10.5 Å². The molecule has 2 N–H and O–H groups in total. The van der Waals surface area contributed by atoms with E-state index in [1.54, 1.807) is 31.3 Å². The van der Waals surface area contributed by atoms with Crippen molar-refractivity contribution in [1.82, 2.24) is 4.90 Å². The third-order valence-corrected chi connectivity index (χ3v) is 4.65. The zero-order chi connectivity index (χ0) is 19.6. The molecule has 0 saturated heterocycles. The molecule has 5 nitrogen and oxygen atoms in total. The van der Waals surface area contributed by atoms with E-state index in [0.29, 0.717) is 23.1 Å². The second kappa shape index (κ2) is 7.34. The van der Waals surface area contributed by atoms with Crippen LogP contribution in [0.2, 0.25) is 0 Å². The largest absolute Gasteiger partial charge is 0.435 e. The van der Waals surface area contributed by atoms with Gasteiger partial charge in [0.25, 0.3) is 5.91 Å². The predicted molar refractivity (Wildman–Crippen MR) is 98.7 cm³/mol. The van der Waals surface area contributed by atoms with Crippen molar-refractivity contribution in [3.8, 4) is 5.75 Å². The number of guanidine groups is 1. The summed E-state index contributed by atoms with van der Waals surface area (Å²) in [6.45, 7) is -0.973. The zero-order valence-electron chi connectivity index (χ0n) is 15.2. The van der Waals surface area contributed by atoms with Gasteiger partial charge in [0.05, 0.1) is 0 Å². The van der Waals surface area contributed by atoms with Crippen LogP contribution < -0.4 is 10.5 Å². The van der Waals surface area contributed by atoms with E-state index in [9.17, 15) is 13.6 Å². The Labute approximate surface area is 156 Å². The van der Waals surface area contributed by atoms with Crippen molar-refractivity contribution in [2.24, 2.45) is 10.7 Å². The summed E-state index contributed by atoms with van der Waals surface area (Å²) in [7, 11) is 1.56. The number of carbonyl (C=O) groups is 1. The van der Waals surface area contributed by atoms with Crippen LogP contribution in [0.25, 0.3) is 0 Å². The van der Waals surface area contributed by atoms with Gasteiger partial charge in [0.15, 0.2) is 11.5 Å². The Morgan fingerprint density at radius 3 is 2.44 bits per heavy atom. The lowest BCUT2D eigenvalue weighted by molar-refractivity contribution is -0.129. The molecule has 2 aromatic rings. The summed E-state index contributed by atoms with van der Waals surface area (Å²) >= 11 is 0. The van der Waals surface area contributed by atoms with Crippen molar-refractivity contribution < 1.29 is 18.3 Å². The molecule has 27 heavy (non-hydrogen) atoms. The number of amides is 1. The lowest BCUT2D eigenvalue weighted by Crippen LogP contribution is -2.41. The molecule has 0 spiro atoms. The Morgan fingerprint density at radius 2 is 1.89 bits per heavy atom.